The molecule has 6 heteroatoms. The van der Waals surface area contributed by atoms with Gasteiger partial charge in [-0.2, -0.15) is 0 Å². The highest BCUT2D eigenvalue weighted by Gasteiger charge is 2.16. The number of hydrogen-bond acceptors (Lipinski definition) is 5. The SMILES string of the molecule is CSc1nc(C(=O)NC(C)C)c(N)s1. The van der Waals surface area contributed by atoms with Gasteiger partial charge in [-0.3, -0.25) is 4.79 Å². The van der Waals surface area contributed by atoms with Crippen LogP contribution in [0.3, 0.4) is 0 Å². The minimum Gasteiger partial charge on any atom is -0.389 e. The second-order valence-corrected chi connectivity index (χ2v) is 5.11. The number of carbonyl (C=O) groups is 1. The van der Waals surface area contributed by atoms with Crippen LogP contribution in [0.15, 0.2) is 4.34 Å². The van der Waals surface area contributed by atoms with Gasteiger partial charge >= 0.3 is 0 Å². The van der Waals surface area contributed by atoms with Crippen LogP contribution in [0.5, 0.6) is 0 Å². The number of thiazole rings is 1. The molecule has 1 aromatic rings. The van der Waals surface area contributed by atoms with Crippen LogP contribution < -0.4 is 11.1 Å². The van der Waals surface area contributed by atoms with E-state index in [1.54, 1.807) is 0 Å². The fourth-order valence-corrected chi connectivity index (χ4v) is 2.24. The predicted molar refractivity (Wildman–Crippen MR) is 60.9 cm³/mol. The van der Waals surface area contributed by atoms with Crippen molar-refractivity contribution >= 4 is 34.0 Å². The van der Waals surface area contributed by atoms with E-state index in [1.165, 1.54) is 23.1 Å². The second kappa shape index (κ2) is 4.65. The van der Waals surface area contributed by atoms with Crippen LogP contribution in [0.1, 0.15) is 24.3 Å². The number of nitrogens with two attached hydrogens (primary N) is 1. The number of anilines is 1. The molecule has 0 aliphatic rings. The quantitative estimate of drug-likeness (QED) is 0.775. The molecule has 0 atom stereocenters. The maximum atomic E-state index is 11.5. The fourth-order valence-electron chi connectivity index (χ4n) is 0.892. The lowest BCUT2D eigenvalue weighted by atomic mass is 10.3. The molecule has 0 saturated heterocycles. The number of hydrogen-bond donors (Lipinski definition) is 2. The molecule has 4 nitrogen and oxygen atoms in total. The van der Waals surface area contributed by atoms with Gasteiger partial charge in [-0.15, -0.1) is 0 Å². The molecule has 1 amide bonds. The van der Waals surface area contributed by atoms with Crippen molar-refractivity contribution in [3.8, 4) is 0 Å². The summed E-state index contributed by atoms with van der Waals surface area (Å²) in [7, 11) is 0. The molecule has 1 rings (SSSR count). The highest BCUT2D eigenvalue weighted by molar-refractivity contribution is 8.00. The van der Waals surface area contributed by atoms with E-state index in [-0.39, 0.29) is 11.9 Å². The Morgan fingerprint density at radius 2 is 2.29 bits per heavy atom. The molecule has 0 bridgehead atoms. The molecule has 0 aliphatic heterocycles. The molecule has 1 aromatic heterocycles. The molecule has 78 valence electrons. The van der Waals surface area contributed by atoms with Crippen molar-refractivity contribution < 1.29 is 4.79 Å². The molecule has 0 saturated carbocycles. The first-order chi connectivity index (χ1) is 6.54. The first kappa shape index (κ1) is 11.3. The zero-order chi connectivity index (χ0) is 10.7. The summed E-state index contributed by atoms with van der Waals surface area (Å²) in [5, 5.41) is 3.23. The van der Waals surface area contributed by atoms with Gasteiger partial charge in [0.05, 0.1) is 0 Å². The molecular formula is C8H13N3OS2. The van der Waals surface area contributed by atoms with E-state index in [9.17, 15) is 4.79 Å². The van der Waals surface area contributed by atoms with E-state index in [4.69, 9.17) is 5.73 Å². The minimum absolute atomic E-state index is 0.0985. The van der Waals surface area contributed by atoms with E-state index in [1.807, 2.05) is 20.1 Å². The van der Waals surface area contributed by atoms with Gasteiger partial charge in [0.1, 0.15) is 5.00 Å². The Morgan fingerprint density at radius 1 is 1.64 bits per heavy atom. The maximum Gasteiger partial charge on any atom is 0.273 e. The zero-order valence-corrected chi connectivity index (χ0v) is 9.96. The van der Waals surface area contributed by atoms with Crippen LogP contribution in [-0.2, 0) is 0 Å². The summed E-state index contributed by atoms with van der Waals surface area (Å²) in [5.41, 5.74) is 6.02. The van der Waals surface area contributed by atoms with E-state index < -0.39 is 0 Å². The summed E-state index contributed by atoms with van der Waals surface area (Å²) in [4.78, 5) is 15.7. The van der Waals surface area contributed by atoms with Gasteiger partial charge in [0, 0.05) is 6.04 Å². The first-order valence-corrected chi connectivity index (χ1v) is 6.20. The molecule has 0 radical (unpaired) electrons. The van der Waals surface area contributed by atoms with Gasteiger partial charge in [0.15, 0.2) is 10.0 Å². The molecule has 0 aliphatic carbocycles. The van der Waals surface area contributed by atoms with Crippen LogP contribution in [0, 0.1) is 0 Å². The van der Waals surface area contributed by atoms with Gasteiger partial charge in [0.25, 0.3) is 5.91 Å². The average molecular weight is 231 g/mol. The van der Waals surface area contributed by atoms with Crippen molar-refractivity contribution in [2.75, 3.05) is 12.0 Å². The number of carbonyl (C=O) groups excluding carboxylic acids is 1. The van der Waals surface area contributed by atoms with Crippen molar-refractivity contribution in [2.45, 2.75) is 24.2 Å². The number of amides is 1. The minimum atomic E-state index is -0.200. The highest BCUT2D eigenvalue weighted by Crippen LogP contribution is 2.27. The molecule has 0 spiro atoms. The van der Waals surface area contributed by atoms with Crippen LogP contribution in [-0.4, -0.2) is 23.2 Å². The lowest BCUT2D eigenvalue weighted by Gasteiger charge is -2.05. The van der Waals surface area contributed by atoms with Crippen molar-refractivity contribution in [1.29, 1.82) is 0 Å². The Bertz CT molecular complexity index is 335. The summed E-state index contributed by atoms with van der Waals surface area (Å²) in [6, 6.07) is 0.0985. The maximum absolute atomic E-state index is 11.5. The Hall–Kier alpha value is -0.750. The van der Waals surface area contributed by atoms with Gasteiger partial charge in [-0.05, 0) is 20.1 Å². The van der Waals surface area contributed by atoms with E-state index in [2.05, 4.69) is 10.3 Å². The van der Waals surface area contributed by atoms with E-state index in [0.717, 1.165) is 4.34 Å². The van der Waals surface area contributed by atoms with Crippen LogP contribution in [0.4, 0.5) is 5.00 Å². The Balaban J connectivity index is 2.84. The highest BCUT2D eigenvalue weighted by atomic mass is 32.2. The monoisotopic (exact) mass is 231 g/mol. The molecule has 0 fully saturated rings. The third-order valence-corrected chi connectivity index (χ3v) is 3.31. The van der Waals surface area contributed by atoms with Crippen molar-refractivity contribution in [2.24, 2.45) is 0 Å². The van der Waals surface area contributed by atoms with Crippen molar-refractivity contribution in [1.82, 2.24) is 10.3 Å². The normalized spacial score (nSPS) is 10.6. The smallest absolute Gasteiger partial charge is 0.273 e. The summed E-state index contributed by atoms with van der Waals surface area (Å²) < 4.78 is 0.816. The van der Waals surface area contributed by atoms with Crippen molar-refractivity contribution in [3.63, 3.8) is 0 Å². The van der Waals surface area contributed by atoms with Gasteiger partial charge in [-0.1, -0.05) is 23.1 Å². The summed E-state index contributed by atoms with van der Waals surface area (Å²) in [6.07, 6.45) is 1.91. The fraction of sp³-hybridized carbons (Fsp3) is 0.500. The average Bonchev–Trinajstić information content (AvgIpc) is 2.45. The first-order valence-electron chi connectivity index (χ1n) is 4.15. The van der Waals surface area contributed by atoms with Crippen molar-refractivity contribution in [3.05, 3.63) is 5.69 Å². The summed E-state index contributed by atoms with van der Waals surface area (Å²) in [6.45, 7) is 3.80. The molecule has 3 N–H and O–H groups in total. The van der Waals surface area contributed by atoms with Gasteiger partial charge < -0.3 is 11.1 Å². The lowest BCUT2D eigenvalue weighted by Crippen LogP contribution is -2.30. The standard InChI is InChI=1S/C8H13N3OS2/c1-4(2)10-7(12)5-6(9)14-8(11-5)13-3/h4H,9H2,1-3H3,(H,10,12). The van der Waals surface area contributed by atoms with Gasteiger partial charge in [-0.25, -0.2) is 4.98 Å². The van der Waals surface area contributed by atoms with Crippen LogP contribution in [0.25, 0.3) is 0 Å². The molecule has 1 heterocycles. The second-order valence-electron chi connectivity index (χ2n) is 3.02. The zero-order valence-electron chi connectivity index (χ0n) is 8.33. The summed E-state index contributed by atoms with van der Waals surface area (Å²) in [5.74, 6) is -0.200. The van der Waals surface area contributed by atoms with E-state index >= 15 is 0 Å². The number of thioether (sulfide) groups is 1. The molecular weight excluding hydrogens is 218 g/mol. The lowest BCUT2D eigenvalue weighted by molar-refractivity contribution is 0.0939. The number of rotatable bonds is 3. The Morgan fingerprint density at radius 3 is 2.71 bits per heavy atom. The summed E-state index contributed by atoms with van der Waals surface area (Å²) >= 11 is 2.83. The number of nitrogen functional groups attached to an aromatic ring is 1. The third kappa shape index (κ3) is 2.62. The van der Waals surface area contributed by atoms with Gasteiger partial charge in [0.2, 0.25) is 0 Å². The predicted octanol–water partition coefficient (Wildman–Crippen LogP) is 1.59. The van der Waals surface area contributed by atoms with Crippen LogP contribution in [0.2, 0.25) is 0 Å². The molecule has 14 heavy (non-hydrogen) atoms. The molecule has 0 aromatic carbocycles. The van der Waals surface area contributed by atoms with Crippen LogP contribution >= 0.6 is 23.1 Å². The number of nitrogens with zero attached hydrogens (tertiary/aromatic N) is 1. The largest absolute Gasteiger partial charge is 0.389 e. The third-order valence-electron chi connectivity index (χ3n) is 1.44. The Kier molecular flexibility index (Phi) is 3.77. The number of aromatic nitrogens is 1. The molecule has 0 unspecified atom stereocenters. The van der Waals surface area contributed by atoms with E-state index in [0.29, 0.717) is 10.7 Å². The Labute approximate surface area is 91.3 Å². The topological polar surface area (TPSA) is 68.0 Å². The number of nitrogens with one attached hydrogen (secondary N) is 1.